The van der Waals surface area contributed by atoms with Crippen molar-refractivity contribution in [1.82, 2.24) is 10.6 Å². The third kappa shape index (κ3) is 7.13. The lowest BCUT2D eigenvalue weighted by atomic mass is 9.97. The van der Waals surface area contributed by atoms with Crippen LogP contribution in [-0.2, 0) is 25.7 Å². The van der Waals surface area contributed by atoms with E-state index in [1.165, 1.54) is 0 Å². The molecular formula is C32H36N4O6. The van der Waals surface area contributed by atoms with Crippen LogP contribution in [0.4, 0.5) is 10.5 Å². The zero-order chi connectivity index (χ0) is 30.2. The van der Waals surface area contributed by atoms with E-state index >= 15 is 0 Å². The van der Waals surface area contributed by atoms with E-state index in [9.17, 15) is 24.3 Å². The third-order valence-electron chi connectivity index (χ3n) is 7.55. The number of nitrogens with one attached hydrogen (secondary N) is 3. The van der Waals surface area contributed by atoms with Gasteiger partial charge in [0.2, 0.25) is 17.7 Å². The molecule has 220 valence electrons. The van der Waals surface area contributed by atoms with Crippen LogP contribution in [0.1, 0.15) is 49.3 Å². The number of aliphatic hydroxyl groups excluding tert-OH is 1. The molecule has 1 aliphatic rings. The Morgan fingerprint density at radius 2 is 1.48 bits per heavy atom. The van der Waals surface area contributed by atoms with Crippen LogP contribution in [0.2, 0.25) is 0 Å². The Bertz CT molecular complexity index is 1400. The van der Waals surface area contributed by atoms with Gasteiger partial charge in [0.15, 0.2) is 0 Å². The maximum atomic E-state index is 13.4. The number of hydrogen-bond acceptors (Lipinski definition) is 6. The van der Waals surface area contributed by atoms with Gasteiger partial charge in [-0.2, -0.15) is 0 Å². The number of alkyl carbamates (subject to hydrolysis) is 1. The summed E-state index contributed by atoms with van der Waals surface area (Å²) in [5, 5.41) is 17.1. The van der Waals surface area contributed by atoms with Crippen LogP contribution in [0.3, 0.4) is 0 Å². The highest BCUT2D eigenvalue weighted by atomic mass is 16.5. The summed E-state index contributed by atoms with van der Waals surface area (Å²) < 4.78 is 5.63. The lowest BCUT2D eigenvalue weighted by Crippen LogP contribution is -2.55. The molecule has 1 aliphatic carbocycles. The van der Waals surface area contributed by atoms with Gasteiger partial charge in [0.05, 0.1) is 13.0 Å². The van der Waals surface area contributed by atoms with Crippen molar-refractivity contribution in [2.24, 2.45) is 11.7 Å². The van der Waals surface area contributed by atoms with E-state index in [1.807, 2.05) is 55.5 Å². The standard InChI is InChI=1S/C32H36N4O6/c1-3-19(2)29(31(40)35-27(16-28(33)38)30(39)34-21-14-12-20(17-37)13-15-21)36-32(41)42-18-26-24-10-6-4-8-22(24)23-9-5-7-11-25(23)26/h4-15,19,26-27,29,37H,3,16-18H2,1-2H3,(H2,33,38)(H,34,39)(H,35,40)(H,36,41)/t19-,27?,29-/m0/s1. The summed E-state index contributed by atoms with van der Waals surface area (Å²) in [6.07, 6.45) is -0.659. The summed E-state index contributed by atoms with van der Waals surface area (Å²) in [6, 6.07) is 20.1. The second kappa shape index (κ2) is 13.8. The molecule has 6 N–H and O–H groups in total. The summed E-state index contributed by atoms with van der Waals surface area (Å²) in [5.41, 5.74) is 10.8. The molecule has 0 fully saturated rings. The number of carbonyl (C=O) groups is 4. The Hall–Kier alpha value is -4.70. The van der Waals surface area contributed by atoms with Gasteiger partial charge in [-0.1, -0.05) is 80.9 Å². The number of ether oxygens (including phenoxy) is 1. The summed E-state index contributed by atoms with van der Waals surface area (Å²) in [7, 11) is 0. The summed E-state index contributed by atoms with van der Waals surface area (Å²) in [5.74, 6) is -2.53. The predicted octanol–water partition coefficient (Wildman–Crippen LogP) is 3.43. The highest BCUT2D eigenvalue weighted by Crippen LogP contribution is 2.44. The summed E-state index contributed by atoms with van der Waals surface area (Å²) in [4.78, 5) is 51.0. The summed E-state index contributed by atoms with van der Waals surface area (Å²) >= 11 is 0. The second-order valence-corrected chi connectivity index (χ2v) is 10.4. The van der Waals surface area contributed by atoms with Crippen LogP contribution in [0, 0.1) is 5.92 Å². The van der Waals surface area contributed by atoms with Crippen molar-refractivity contribution in [2.45, 2.75) is 51.3 Å². The highest BCUT2D eigenvalue weighted by molar-refractivity contribution is 6.00. The van der Waals surface area contributed by atoms with Crippen LogP contribution in [0.5, 0.6) is 0 Å². The maximum absolute atomic E-state index is 13.4. The molecule has 42 heavy (non-hydrogen) atoms. The van der Waals surface area contributed by atoms with Crippen LogP contribution in [0.25, 0.3) is 11.1 Å². The Balaban J connectivity index is 1.42. The normalized spacial score (nSPS) is 14.1. The number of anilines is 1. The molecule has 3 atom stereocenters. The molecule has 0 saturated carbocycles. The first-order valence-corrected chi connectivity index (χ1v) is 13.9. The van der Waals surface area contributed by atoms with Gasteiger partial charge in [-0.05, 0) is 45.9 Å². The SMILES string of the molecule is CC[C@H](C)[C@H](NC(=O)OCC1c2ccccc2-c2ccccc21)C(=O)NC(CC(N)=O)C(=O)Nc1ccc(CO)cc1. The van der Waals surface area contributed by atoms with Gasteiger partial charge in [-0.15, -0.1) is 0 Å². The predicted molar refractivity (Wildman–Crippen MR) is 158 cm³/mol. The molecule has 10 heteroatoms. The van der Waals surface area contributed by atoms with Gasteiger partial charge in [0.1, 0.15) is 18.7 Å². The van der Waals surface area contributed by atoms with Gasteiger partial charge >= 0.3 is 6.09 Å². The molecule has 0 heterocycles. The molecule has 0 aliphatic heterocycles. The van der Waals surface area contributed by atoms with Crippen molar-refractivity contribution in [3.63, 3.8) is 0 Å². The first kappa shape index (κ1) is 30.3. The van der Waals surface area contributed by atoms with Crippen LogP contribution < -0.4 is 21.7 Å². The van der Waals surface area contributed by atoms with Gasteiger partial charge < -0.3 is 31.5 Å². The molecule has 10 nitrogen and oxygen atoms in total. The molecule has 0 spiro atoms. The molecule has 0 radical (unpaired) electrons. The fourth-order valence-electron chi connectivity index (χ4n) is 5.06. The lowest BCUT2D eigenvalue weighted by molar-refractivity contribution is -0.130. The smallest absolute Gasteiger partial charge is 0.407 e. The van der Waals surface area contributed by atoms with Crippen LogP contribution >= 0.6 is 0 Å². The van der Waals surface area contributed by atoms with Gasteiger partial charge in [-0.3, -0.25) is 14.4 Å². The number of fused-ring (bicyclic) bond motifs is 3. The van der Waals surface area contributed by atoms with Crippen LogP contribution in [-0.4, -0.2) is 47.6 Å². The topological polar surface area (TPSA) is 160 Å². The van der Waals surface area contributed by atoms with Gasteiger partial charge in [0.25, 0.3) is 0 Å². The Kier molecular flexibility index (Phi) is 9.93. The van der Waals surface area contributed by atoms with Gasteiger partial charge in [0, 0.05) is 11.6 Å². The van der Waals surface area contributed by atoms with Crippen molar-refractivity contribution >= 4 is 29.5 Å². The third-order valence-corrected chi connectivity index (χ3v) is 7.55. The molecule has 4 rings (SSSR count). The average molecular weight is 573 g/mol. The minimum absolute atomic E-state index is 0.0798. The zero-order valence-electron chi connectivity index (χ0n) is 23.6. The molecule has 3 aromatic rings. The molecule has 0 aromatic heterocycles. The van der Waals surface area contributed by atoms with E-state index in [-0.39, 0.29) is 25.0 Å². The van der Waals surface area contributed by atoms with E-state index in [2.05, 4.69) is 16.0 Å². The molecule has 4 amide bonds. The van der Waals surface area contributed by atoms with Crippen molar-refractivity contribution in [2.75, 3.05) is 11.9 Å². The van der Waals surface area contributed by atoms with E-state index < -0.39 is 42.3 Å². The lowest BCUT2D eigenvalue weighted by Gasteiger charge is -2.26. The second-order valence-electron chi connectivity index (χ2n) is 10.4. The van der Waals surface area contributed by atoms with E-state index in [0.29, 0.717) is 17.7 Å². The zero-order valence-corrected chi connectivity index (χ0v) is 23.6. The quantitative estimate of drug-likeness (QED) is 0.224. The highest BCUT2D eigenvalue weighted by Gasteiger charge is 2.33. The number of benzene rings is 3. The fraction of sp³-hybridized carbons (Fsp3) is 0.312. The number of carbonyl (C=O) groups excluding carboxylic acids is 4. The van der Waals surface area contributed by atoms with Crippen LogP contribution in [0.15, 0.2) is 72.8 Å². The Morgan fingerprint density at radius 1 is 0.881 bits per heavy atom. The number of rotatable bonds is 12. The number of nitrogens with two attached hydrogens (primary N) is 1. The maximum Gasteiger partial charge on any atom is 0.407 e. The number of aliphatic hydroxyl groups is 1. The van der Waals surface area contributed by atoms with Crippen molar-refractivity contribution in [3.05, 3.63) is 89.5 Å². The molecule has 1 unspecified atom stereocenters. The van der Waals surface area contributed by atoms with E-state index in [1.54, 1.807) is 31.2 Å². The minimum atomic E-state index is -1.27. The Morgan fingerprint density at radius 3 is 2.02 bits per heavy atom. The average Bonchev–Trinajstić information content (AvgIpc) is 3.31. The fourth-order valence-corrected chi connectivity index (χ4v) is 5.06. The largest absolute Gasteiger partial charge is 0.449 e. The Labute approximate surface area is 244 Å². The number of primary amides is 1. The molecule has 3 aromatic carbocycles. The minimum Gasteiger partial charge on any atom is -0.449 e. The first-order valence-electron chi connectivity index (χ1n) is 13.9. The van der Waals surface area contributed by atoms with Gasteiger partial charge in [-0.25, -0.2) is 4.79 Å². The van der Waals surface area contributed by atoms with E-state index in [4.69, 9.17) is 10.5 Å². The van der Waals surface area contributed by atoms with Crippen molar-refractivity contribution in [3.8, 4) is 11.1 Å². The molecule has 0 saturated heterocycles. The monoisotopic (exact) mass is 572 g/mol. The molecule has 0 bridgehead atoms. The van der Waals surface area contributed by atoms with E-state index in [0.717, 1.165) is 22.3 Å². The molecular weight excluding hydrogens is 536 g/mol. The van der Waals surface area contributed by atoms with Crippen molar-refractivity contribution in [1.29, 1.82) is 0 Å². The number of amides is 4. The number of hydrogen-bond donors (Lipinski definition) is 5. The summed E-state index contributed by atoms with van der Waals surface area (Å²) in [6.45, 7) is 3.59. The van der Waals surface area contributed by atoms with Crippen molar-refractivity contribution < 1.29 is 29.0 Å². The first-order chi connectivity index (χ1) is 20.2.